The third-order valence-corrected chi connectivity index (χ3v) is 4.02. The lowest BCUT2D eigenvalue weighted by molar-refractivity contribution is -0.116. The van der Waals surface area contributed by atoms with Gasteiger partial charge in [-0.3, -0.25) is 4.79 Å². The maximum absolute atomic E-state index is 11.8. The van der Waals surface area contributed by atoms with Gasteiger partial charge in [0.25, 0.3) is 0 Å². The Morgan fingerprint density at radius 3 is 2.65 bits per heavy atom. The number of amides is 1. The molecule has 126 valence electrons. The number of likely N-dealkylation sites (tertiary alicyclic amines) is 1. The minimum Gasteiger partial charge on any atom is -0.494 e. The van der Waals surface area contributed by atoms with E-state index < -0.39 is 0 Å². The molecular formula is C19H28N2O2. The Balaban J connectivity index is 1.59. The molecular weight excluding hydrogens is 288 g/mol. The zero-order chi connectivity index (χ0) is 16.3. The minimum atomic E-state index is -0.0277. The van der Waals surface area contributed by atoms with Crippen LogP contribution in [0.5, 0.6) is 5.75 Å². The molecule has 1 fully saturated rings. The van der Waals surface area contributed by atoms with Crippen LogP contribution in [-0.2, 0) is 4.79 Å². The highest BCUT2D eigenvalue weighted by Crippen LogP contribution is 2.13. The predicted molar refractivity (Wildman–Crippen MR) is 94.6 cm³/mol. The largest absolute Gasteiger partial charge is 0.494 e. The van der Waals surface area contributed by atoms with Crippen molar-refractivity contribution >= 4 is 12.0 Å². The van der Waals surface area contributed by atoms with Crippen molar-refractivity contribution in [3.8, 4) is 5.75 Å². The highest BCUT2D eigenvalue weighted by atomic mass is 16.5. The van der Waals surface area contributed by atoms with Gasteiger partial charge in [0, 0.05) is 12.6 Å². The normalized spacial score (nSPS) is 15.2. The van der Waals surface area contributed by atoms with Gasteiger partial charge in [0.05, 0.1) is 6.61 Å². The maximum Gasteiger partial charge on any atom is 0.243 e. The van der Waals surface area contributed by atoms with Gasteiger partial charge in [0.1, 0.15) is 5.75 Å². The van der Waals surface area contributed by atoms with Crippen molar-refractivity contribution in [2.75, 3.05) is 32.8 Å². The molecule has 0 atom stereocenters. The number of nitrogens with one attached hydrogen (secondary N) is 1. The number of rotatable bonds is 9. The quantitative estimate of drug-likeness (QED) is 0.562. The molecule has 0 unspecified atom stereocenters. The first-order chi connectivity index (χ1) is 11.3. The van der Waals surface area contributed by atoms with Crippen LogP contribution in [0.15, 0.2) is 30.3 Å². The van der Waals surface area contributed by atoms with Crippen molar-refractivity contribution in [1.82, 2.24) is 10.2 Å². The molecule has 4 heteroatoms. The van der Waals surface area contributed by atoms with Crippen LogP contribution in [0.25, 0.3) is 6.08 Å². The lowest BCUT2D eigenvalue weighted by Crippen LogP contribution is -2.24. The van der Waals surface area contributed by atoms with Gasteiger partial charge < -0.3 is 15.0 Å². The molecule has 1 aliphatic heterocycles. The van der Waals surface area contributed by atoms with Crippen molar-refractivity contribution < 1.29 is 9.53 Å². The van der Waals surface area contributed by atoms with Crippen molar-refractivity contribution in [2.24, 2.45) is 0 Å². The molecule has 4 nitrogen and oxygen atoms in total. The number of ether oxygens (including phenoxy) is 1. The summed E-state index contributed by atoms with van der Waals surface area (Å²) in [6.07, 6.45) is 8.30. The van der Waals surface area contributed by atoms with Crippen molar-refractivity contribution in [2.45, 2.75) is 32.6 Å². The second kappa shape index (κ2) is 10.1. The molecule has 1 heterocycles. The molecule has 0 aromatic heterocycles. The molecule has 0 bridgehead atoms. The Labute approximate surface area is 139 Å². The fourth-order valence-corrected chi connectivity index (χ4v) is 2.75. The number of hydrogen-bond acceptors (Lipinski definition) is 3. The summed E-state index contributed by atoms with van der Waals surface area (Å²) in [7, 11) is 0. The third kappa shape index (κ3) is 6.87. The zero-order valence-electron chi connectivity index (χ0n) is 14.1. The molecule has 1 amide bonds. The fourth-order valence-electron chi connectivity index (χ4n) is 2.75. The van der Waals surface area contributed by atoms with E-state index in [4.69, 9.17) is 4.74 Å². The summed E-state index contributed by atoms with van der Waals surface area (Å²) in [5.41, 5.74) is 0.998. The van der Waals surface area contributed by atoms with Crippen LogP contribution < -0.4 is 10.1 Å². The van der Waals surface area contributed by atoms with E-state index in [9.17, 15) is 4.79 Å². The monoisotopic (exact) mass is 316 g/mol. The summed E-state index contributed by atoms with van der Waals surface area (Å²) in [4.78, 5) is 14.3. The van der Waals surface area contributed by atoms with Gasteiger partial charge in [-0.1, -0.05) is 12.1 Å². The van der Waals surface area contributed by atoms with E-state index in [1.54, 1.807) is 6.08 Å². The molecule has 1 aromatic rings. The van der Waals surface area contributed by atoms with E-state index in [0.717, 1.165) is 37.2 Å². The molecule has 0 spiro atoms. The molecule has 1 N–H and O–H groups in total. The van der Waals surface area contributed by atoms with Gasteiger partial charge >= 0.3 is 0 Å². The third-order valence-electron chi connectivity index (χ3n) is 4.02. The number of carbonyl (C=O) groups excluding carboxylic acids is 1. The summed E-state index contributed by atoms with van der Waals surface area (Å²) in [5.74, 6) is 0.826. The number of nitrogens with zero attached hydrogens (tertiary/aromatic N) is 1. The van der Waals surface area contributed by atoms with Crippen molar-refractivity contribution in [1.29, 1.82) is 0 Å². The fraction of sp³-hybridized carbons (Fsp3) is 0.526. The van der Waals surface area contributed by atoms with Crippen molar-refractivity contribution in [3.63, 3.8) is 0 Å². The lowest BCUT2D eigenvalue weighted by Gasteiger charge is -2.13. The number of unbranched alkanes of at least 4 members (excludes halogenated alkanes) is 1. The first-order valence-corrected chi connectivity index (χ1v) is 8.69. The molecule has 0 saturated carbocycles. The van der Waals surface area contributed by atoms with E-state index in [1.165, 1.54) is 25.9 Å². The first-order valence-electron chi connectivity index (χ1n) is 8.69. The van der Waals surface area contributed by atoms with Gasteiger partial charge in [-0.25, -0.2) is 0 Å². The van der Waals surface area contributed by atoms with Crippen LogP contribution in [0.4, 0.5) is 0 Å². The smallest absolute Gasteiger partial charge is 0.243 e. The Morgan fingerprint density at radius 2 is 1.96 bits per heavy atom. The SMILES string of the molecule is CCOc1ccc(/C=C/C(=O)NCCCCN2CCCC2)cc1. The highest BCUT2D eigenvalue weighted by Gasteiger charge is 2.09. The Hall–Kier alpha value is -1.81. The standard InChI is InChI=1S/C19H28N2O2/c1-2-23-18-10-7-17(8-11-18)9-12-19(22)20-13-3-4-14-21-15-5-6-16-21/h7-12H,2-6,13-16H2,1H3,(H,20,22)/b12-9+. The Bertz CT molecular complexity index is 491. The summed E-state index contributed by atoms with van der Waals surface area (Å²) in [6.45, 7) is 7.03. The summed E-state index contributed by atoms with van der Waals surface area (Å²) >= 11 is 0. The number of carbonyl (C=O) groups is 1. The highest BCUT2D eigenvalue weighted by molar-refractivity contribution is 5.91. The molecule has 0 radical (unpaired) electrons. The van der Waals surface area contributed by atoms with Crippen LogP contribution in [0, 0.1) is 0 Å². The summed E-state index contributed by atoms with van der Waals surface area (Å²) in [6, 6.07) is 7.73. The first kappa shape index (κ1) is 17.5. The predicted octanol–water partition coefficient (Wildman–Crippen LogP) is 3.09. The molecule has 1 saturated heterocycles. The molecule has 23 heavy (non-hydrogen) atoms. The van der Waals surface area contributed by atoms with E-state index in [0.29, 0.717) is 6.61 Å². The van der Waals surface area contributed by atoms with Crippen LogP contribution >= 0.6 is 0 Å². The van der Waals surface area contributed by atoms with Gasteiger partial charge in [-0.2, -0.15) is 0 Å². The maximum atomic E-state index is 11.8. The molecule has 1 aliphatic rings. The number of hydrogen-bond donors (Lipinski definition) is 1. The van der Waals surface area contributed by atoms with E-state index >= 15 is 0 Å². The van der Waals surface area contributed by atoms with Crippen LogP contribution in [0.1, 0.15) is 38.2 Å². The lowest BCUT2D eigenvalue weighted by atomic mass is 10.2. The molecule has 0 aliphatic carbocycles. The van der Waals surface area contributed by atoms with E-state index in [2.05, 4.69) is 10.2 Å². The van der Waals surface area contributed by atoms with Gasteiger partial charge in [0.2, 0.25) is 5.91 Å². The summed E-state index contributed by atoms with van der Waals surface area (Å²) in [5, 5.41) is 2.94. The summed E-state index contributed by atoms with van der Waals surface area (Å²) < 4.78 is 5.39. The minimum absolute atomic E-state index is 0.0277. The van der Waals surface area contributed by atoms with Gasteiger partial charge in [-0.15, -0.1) is 0 Å². The second-order valence-corrected chi connectivity index (χ2v) is 5.88. The van der Waals surface area contributed by atoms with Crippen LogP contribution in [0.3, 0.4) is 0 Å². The average molecular weight is 316 g/mol. The zero-order valence-corrected chi connectivity index (χ0v) is 14.1. The second-order valence-electron chi connectivity index (χ2n) is 5.88. The Morgan fingerprint density at radius 1 is 1.22 bits per heavy atom. The van der Waals surface area contributed by atoms with Gasteiger partial charge in [0.15, 0.2) is 0 Å². The van der Waals surface area contributed by atoms with Crippen LogP contribution in [0.2, 0.25) is 0 Å². The Kier molecular flexibility index (Phi) is 7.67. The van der Waals surface area contributed by atoms with Crippen LogP contribution in [-0.4, -0.2) is 43.6 Å². The van der Waals surface area contributed by atoms with Crippen molar-refractivity contribution in [3.05, 3.63) is 35.9 Å². The van der Waals surface area contributed by atoms with E-state index in [1.807, 2.05) is 37.3 Å². The average Bonchev–Trinajstić information content (AvgIpc) is 3.07. The van der Waals surface area contributed by atoms with Gasteiger partial charge in [-0.05, 0) is 76.0 Å². The van der Waals surface area contributed by atoms with E-state index in [-0.39, 0.29) is 5.91 Å². The number of benzene rings is 1. The molecule has 2 rings (SSSR count). The topological polar surface area (TPSA) is 41.6 Å². The molecule has 1 aromatic carbocycles.